The molecule has 1 aromatic carbocycles. The molecular weight excluding hydrogens is 244 g/mol. The van der Waals surface area contributed by atoms with E-state index in [0.717, 1.165) is 42.7 Å². The Balaban J connectivity index is 1.74. The minimum absolute atomic E-state index is 0.223. The Labute approximate surface area is 112 Å². The number of hydrogen-bond acceptors (Lipinski definition) is 4. The average molecular weight is 262 g/mol. The molecule has 0 bridgehead atoms. The van der Waals surface area contributed by atoms with Crippen LogP contribution < -0.4 is 10.2 Å². The van der Waals surface area contributed by atoms with Crippen molar-refractivity contribution < 1.29 is 14.3 Å². The lowest BCUT2D eigenvalue weighted by Gasteiger charge is -2.05. The van der Waals surface area contributed by atoms with E-state index in [9.17, 15) is 4.79 Å². The summed E-state index contributed by atoms with van der Waals surface area (Å²) in [6, 6.07) is 7.37. The Morgan fingerprint density at radius 3 is 2.58 bits per heavy atom. The molecule has 1 aromatic rings. The molecule has 1 aliphatic rings. The highest BCUT2D eigenvalue weighted by Gasteiger charge is 2.09. The third kappa shape index (κ3) is 4.28. The molecule has 5 heteroatoms. The Bertz CT molecular complexity index is 446. The topological polar surface area (TPSA) is 59.9 Å². The van der Waals surface area contributed by atoms with Gasteiger partial charge in [0.15, 0.2) is 0 Å². The monoisotopic (exact) mass is 262 g/mol. The summed E-state index contributed by atoms with van der Waals surface area (Å²) in [7, 11) is 1.61. The Kier molecular flexibility index (Phi) is 4.78. The van der Waals surface area contributed by atoms with Gasteiger partial charge in [-0.05, 0) is 43.4 Å². The minimum atomic E-state index is -0.518. The fraction of sp³-hybridized carbons (Fsp3) is 0.429. The third-order valence-corrected chi connectivity index (χ3v) is 3.02. The van der Waals surface area contributed by atoms with E-state index in [1.165, 1.54) is 0 Å². The van der Waals surface area contributed by atoms with Gasteiger partial charge in [-0.25, -0.2) is 10.2 Å². The zero-order valence-electron chi connectivity index (χ0n) is 11.0. The highest BCUT2D eigenvalue weighted by atomic mass is 16.6. The SMILES string of the molecule is COc1ccc(COC(=O)NN=C2CCCC2)cc1. The first-order valence-electron chi connectivity index (χ1n) is 6.39. The molecule has 1 N–H and O–H groups in total. The molecule has 19 heavy (non-hydrogen) atoms. The molecule has 0 atom stereocenters. The van der Waals surface area contributed by atoms with Crippen molar-refractivity contribution in [3.63, 3.8) is 0 Å². The van der Waals surface area contributed by atoms with E-state index in [4.69, 9.17) is 9.47 Å². The van der Waals surface area contributed by atoms with Crippen molar-refractivity contribution in [2.45, 2.75) is 32.3 Å². The van der Waals surface area contributed by atoms with Gasteiger partial charge in [0.05, 0.1) is 7.11 Å². The van der Waals surface area contributed by atoms with Gasteiger partial charge < -0.3 is 9.47 Å². The van der Waals surface area contributed by atoms with Gasteiger partial charge in [-0.1, -0.05) is 12.1 Å². The minimum Gasteiger partial charge on any atom is -0.497 e. The first-order valence-corrected chi connectivity index (χ1v) is 6.39. The van der Waals surface area contributed by atoms with E-state index in [-0.39, 0.29) is 6.61 Å². The largest absolute Gasteiger partial charge is 0.497 e. The summed E-state index contributed by atoms with van der Waals surface area (Å²) in [6.07, 6.45) is 3.73. The highest BCUT2D eigenvalue weighted by molar-refractivity contribution is 5.86. The van der Waals surface area contributed by atoms with Gasteiger partial charge in [-0.15, -0.1) is 0 Å². The number of nitrogens with one attached hydrogen (secondary N) is 1. The number of nitrogens with zero attached hydrogens (tertiary/aromatic N) is 1. The van der Waals surface area contributed by atoms with Crippen molar-refractivity contribution in [1.82, 2.24) is 5.43 Å². The van der Waals surface area contributed by atoms with E-state index in [1.54, 1.807) is 7.11 Å². The first-order chi connectivity index (χ1) is 9.28. The second-order valence-electron chi connectivity index (χ2n) is 4.42. The molecular formula is C14H18N2O3. The first kappa shape index (κ1) is 13.4. The fourth-order valence-corrected chi connectivity index (χ4v) is 1.92. The van der Waals surface area contributed by atoms with Crippen LogP contribution in [0.3, 0.4) is 0 Å². The van der Waals surface area contributed by atoms with Crippen molar-refractivity contribution in [3.05, 3.63) is 29.8 Å². The van der Waals surface area contributed by atoms with Crippen LogP contribution >= 0.6 is 0 Å². The van der Waals surface area contributed by atoms with Crippen LogP contribution in [-0.2, 0) is 11.3 Å². The second kappa shape index (κ2) is 6.78. The van der Waals surface area contributed by atoms with Gasteiger partial charge in [0.2, 0.25) is 0 Å². The Morgan fingerprint density at radius 1 is 1.26 bits per heavy atom. The van der Waals surface area contributed by atoms with E-state index >= 15 is 0 Å². The highest BCUT2D eigenvalue weighted by Crippen LogP contribution is 2.14. The van der Waals surface area contributed by atoms with Crippen molar-refractivity contribution in [1.29, 1.82) is 0 Å². The lowest BCUT2D eigenvalue weighted by molar-refractivity contribution is 0.140. The van der Waals surface area contributed by atoms with Crippen LogP contribution in [0.5, 0.6) is 5.75 Å². The molecule has 2 rings (SSSR count). The number of rotatable bonds is 4. The number of hydrazone groups is 1. The van der Waals surface area contributed by atoms with Crippen molar-refractivity contribution in [2.75, 3.05) is 7.11 Å². The predicted molar refractivity (Wildman–Crippen MR) is 72.2 cm³/mol. The number of amides is 1. The molecule has 1 amide bonds. The van der Waals surface area contributed by atoms with Crippen LogP contribution in [0.4, 0.5) is 4.79 Å². The normalized spacial score (nSPS) is 14.1. The second-order valence-corrected chi connectivity index (χ2v) is 4.42. The summed E-state index contributed by atoms with van der Waals surface area (Å²) >= 11 is 0. The van der Waals surface area contributed by atoms with E-state index in [2.05, 4.69) is 10.5 Å². The molecule has 1 fully saturated rings. The van der Waals surface area contributed by atoms with Gasteiger partial charge in [-0.3, -0.25) is 0 Å². The summed E-state index contributed by atoms with van der Waals surface area (Å²) in [6.45, 7) is 0.223. The number of benzene rings is 1. The van der Waals surface area contributed by atoms with Gasteiger partial charge in [0.1, 0.15) is 12.4 Å². The summed E-state index contributed by atoms with van der Waals surface area (Å²) in [5.41, 5.74) is 4.37. The molecule has 102 valence electrons. The van der Waals surface area contributed by atoms with Crippen molar-refractivity contribution in [2.24, 2.45) is 5.10 Å². The standard InChI is InChI=1S/C14H18N2O3/c1-18-13-8-6-11(7-9-13)10-19-14(17)16-15-12-4-2-3-5-12/h6-9H,2-5,10H2,1H3,(H,16,17). The number of carbonyl (C=O) groups excluding carboxylic acids is 1. The molecule has 5 nitrogen and oxygen atoms in total. The predicted octanol–water partition coefficient (Wildman–Crippen LogP) is 2.85. The van der Waals surface area contributed by atoms with Crippen LogP contribution in [0.1, 0.15) is 31.2 Å². The Morgan fingerprint density at radius 2 is 1.95 bits per heavy atom. The molecule has 0 aliphatic heterocycles. The molecule has 0 spiro atoms. The summed E-state index contributed by atoms with van der Waals surface area (Å²) in [4.78, 5) is 11.4. The quantitative estimate of drug-likeness (QED) is 0.849. The van der Waals surface area contributed by atoms with Gasteiger partial charge in [-0.2, -0.15) is 5.10 Å². The van der Waals surface area contributed by atoms with Crippen LogP contribution in [0.15, 0.2) is 29.4 Å². The Hall–Kier alpha value is -2.04. The maximum atomic E-state index is 11.4. The molecule has 0 saturated heterocycles. The van der Waals surface area contributed by atoms with Gasteiger partial charge >= 0.3 is 6.09 Å². The van der Waals surface area contributed by atoms with E-state index < -0.39 is 6.09 Å². The van der Waals surface area contributed by atoms with Gasteiger partial charge in [0.25, 0.3) is 0 Å². The lowest BCUT2D eigenvalue weighted by atomic mass is 10.2. The average Bonchev–Trinajstić information content (AvgIpc) is 2.96. The lowest BCUT2D eigenvalue weighted by Crippen LogP contribution is -2.20. The third-order valence-electron chi connectivity index (χ3n) is 3.02. The van der Waals surface area contributed by atoms with Gasteiger partial charge in [0, 0.05) is 5.71 Å². The van der Waals surface area contributed by atoms with Crippen molar-refractivity contribution in [3.8, 4) is 5.75 Å². The van der Waals surface area contributed by atoms with Crippen molar-refractivity contribution >= 4 is 11.8 Å². The summed E-state index contributed by atoms with van der Waals surface area (Å²) < 4.78 is 10.1. The van der Waals surface area contributed by atoms with Crippen LogP contribution in [0.2, 0.25) is 0 Å². The smallest absolute Gasteiger partial charge is 0.428 e. The van der Waals surface area contributed by atoms with E-state index in [0.29, 0.717) is 0 Å². The van der Waals surface area contributed by atoms with E-state index in [1.807, 2.05) is 24.3 Å². The molecule has 1 aliphatic carbocycles. The molecule has 0 radical (unpaired) electrons. The molecule has 0 unspecified atom stereocenters. The maximum absolute atomic E-state index is 11.4. The zero-order chi connectivity index (χ0) is 13.5. The summed E-state index contributed by atoms with van der Waals surface area (Å²) in [5, 5.41) is 4.03. The van der Waals surface area contributed by atoms with Crippen LogP contribution in [0.25, 0.3) is 0 Å². The summed E-state index contributed by atoms with van der Waals surface area (Å²) in [5.74, 6) is 0.779. The fourth-order valence-electron chi connectivity index (χ4n) is 1.92. The van der Waals surface area contributed by atoms with Crippen LogP contribution in [-0.4, -0.2) is 18.9 Å². The maximum Gasteiger partial charge on any atom is 0.428 e. The molecule has 0 aromatic heterocycles. The number of carbonyl (C=O) groups is 1. The zero-order valence-corrected chi connectivity index (χ0v) is 11.0. The molecule has 1 saturated carbocycles. The number of hydrogen-bond donors (Lipinski definition) is 1. The van der Waals surface area contributed by atoms with Crippen LogP contribution in [0, 0.1) is 0 Å². The molecule has 0 heterocycles. The number of methoxy groups -OCH3 is 1. The number of ether oxygens (including phenoxy) is 2.